The number of hydrogen-bond donors (Lipinski definition) is 1. The summed E-state index contributed by atoms with van der Waals surface area (Å²) in [6.07, 6.45) is -1.64. The van der Waals surface area contributed by atoms with E-state index in [0.717, 1.165) is 11.1 Å². The van der Waals surface area contributed by atoms with Gasteiger partial charge in [-0.25, -0.2) is 9.37 Å². The van der Waals surface area contributed by atoms with Crippen molar-refractivity contribution < 1.29 is 14.3 Å². The van der Waals surface area contributed by atoms with Crippen LogP contribution in [-0.4, -0.2) is 44.8 Å². The van der Waals surface area contributed by atoms with E-state index in [1.807, 2.05) is 68.6 Å². The molecule has 4 rings (SSSR count). The van der Waals surface area contributed by atoms with Crippen LogP contribution >= 0.6 is 11.3 Å². The normalized spacial score (nSPS) is 13.2. The Morgan fingerprint density at radius 1 is 1.11 bits per heavy atom. The van der Waals surface area contributed by atoms with Crippen molar-refractivity contribution in [1.29, 1.82) is 0 Å². The molecule has 0 aliphatic rings. The molecule has 0 spiro atoms. The van der Waals surface area contributed by atoms with Crippen LogP contribution in [-0.2, 0) is 6.54 Å². The first-order chi connectivity index (χ1) is 17.3. The van der Waals surface area contributed by atoms with Crippen molar-refractivity contribution in [3.63, 3.8) is 0 Å². The summed E-state index contributed by atoms with van der Waals surface area (Å²) in [5, 5.41) is 11.8. The molecular weight excluding hydrogens is 477 g/mol. The predicted octanol–water partition coefficient (Wildman–Crippen LogP) is 4.98. The van der Waals surface area contributed by atoms with Crippen LogP contribution in [0.25, 0.3) is 10.2 Å². The van der Waals surface area contributed by atoms with E-state index in [2.05, 4.69) is 0 Å². The van der Waals surface area contributed by atoms with E-state index in [9.17, 15) is 19.1 Å². The maximum Gasteiger partial charge on any atom is 0.262 e. The van der Waals surface area contributed by atoms with Crippen LogP contribution in [0.5, 0.6) is 0 Å². The molecule has 4 aromatic rings. The number of carbonyl (C=O) groups is 1. The number of aromatic nitrogens is 2. The molecule has 2 atom stereocenters. The SMILES string of the molecule is Cc1ccc(C(=O)N(C[C@H](F)CO)[C@@H](c2nc3sccc3c(=O)n2Cc2ccccc2)C(C)C)cc1. The lowest BCUT2D eigenvalue weighted by Crippen LogP contribution is -2.44. The molecule has 6 nitrogen and oxygen atoms in total. The molecule has 0 aliphatic heterocycles. The molecule has 0 unspecified atom stereocenters. The number of alkyl halides is 1. The first-order valence-corrected chi connectivity index (χ1v) is 12.8. The monoisotopic (exact) mass is 507 g/mol. The van der Waals surface area contributed by atoms with Crippen LogP contribution in [0.1, 0.15) is 47.2 Å². The van der Waals surface area contributed by atoms with Gasteiger partial charge in [-0.3, -0.25) is 14.2 Å². The van der Waals surface area contributed by atoms with Crippen molar-refractivity contribution in [3.05, 3.63) is 98.9 Å². The number of aryl methyl sites for hydroxylation is 1. The summed E-state index contributed by atoms with van der Waals surface area (Å²) in [6.45, 7) is 5.00. The number of benzene rings is 2. The second-order valence-corrected chi connectivity index (χ2v) is 10.2. The highest BCUT2D eigenvalue weighted by Crippen LogP contribution is 2.31. The second kappa shape index (κ2) is 11.1. The van der Waals surface area contributed by atoms with Gasteiger partial charge in [0.05, 0.1) is 31.1 Å². The fourth-order valence-electron chi connectivity index (χ4n) is 4.36. The quantitative estimate of drug-likeness (QED) is 0.347. The largest absolute Gasteiger partial charge is 0.393 e. The molecule has 0 aliphatic carbocycles. The van der Waals surface area contributed by atoms with Crippen LogP contribution in [0.4, 0.5) is 4.39 Å². The second-order valence-electron chi connectivity index (χ2n) is 9.28. The van der Waals surface area contributed by atoms with Crippen LogP contribution in [0, 0.1) is 12.8 Å². The van der Waals surface area contributed by atoms with E-state index in [-0.39, 0.29) is 30.5 Å². The zero-order valence-corrected chi connectivity index (χ0v) is 21.4. The van der Waals surface area contributed by atoms with Gasteiger partial charge in [0.2, 0.25) is 0 Å². The Morgan fingerprint density at radius 3 is 2.44 bits per heavy atom. The van der Waals surface area contributed by atoms with E-state index in [0.29, 0.717) is 21.6 Å². The Kier molecular flexibility index (Phi) is 7.96. The summed E-state index contributed by atoms with van der Waals surface area (Å²) in [6, 6.07) is 17.7. The number of nitrogens with zero attached hydrogens (tertiary/aromatic N) is 3. The van der Waals surface area contributed by atoms with Crippen LogP contribution < -0.4 is 5.56 Å². The maximum absolute atomic E-state index is 14.7. The number of aliphatic hydroxyl groups is 1. The van der Waals surface area contributed by atoms with Gasteiger partial charge < -0.3 is 10.0 Å². The summed E-state index contributed by atoms with van der Waals surface area (Å²) in [5.41, 5.74) is 2.12. The van der Waals surface area contributed by atoms with Gasteiger partial charge in [-0.05, 0) is 42.0 Å². The van der Waals surface area contributed by atoms with E-state index < -0.39 is 18.8 Å². The molecule has 1 amide bonds. The van der Waals surface area contributed by atoms with Gasteiger partial charge in [0, 0.05) is 5.56 Å². The van der Waals surface area contributed by atoms with Crippen molar-refractivity contribution in [3.8, 4) is 0 Å². The molecule has 0 bridgehead atoms. The molecule has 0 fully saturated rings. The fraction of sp³-hybridized carbons (Fsp3) is 0.321. The third-order valence-electron chi connectivity index (χ3n) is 6.18. The van der Waals surface area contributed by atoms with Crippen molar-refractivity contribution in [2.45, 2.75) is 39.5 Å². The summed E-state index contributed by atoms with van der Waals surface area (Å²) < 4.78 is 16.3. The third-order valence-corrected chi connectivity index (χ3v) is 6.99. The van der Waals surface area contributed by atoms with E-state index >= 15 is 0 Å². The molecule has 8 heteroatoms. The average Bonchev–Trinajstić information content (AvgIpc) is 3.35. The lowest BCUT2D eigenvalue weighted by Gasteiger charge is -2.36. The van der Waals surface area contributed by atoms with Gasteiger partial charge in [0.25, 0.3) is 11.5 Å². The molecule has 2 heterocycles. The standard InChI is InChI=1S/C28H30FN3O3S/c1-18(2)24(31(16-22(29)17-33)27(34)21-11-9-19(3)10-12-21)25-30-26-23(13-14-36-26)28(35)32(25)15-20-7-5-4-6-8-20/h4-14,18,22,24,33H,15-17H2,1-3H3/t22-,24+/m0/s1. The number of halogens is 1. The molecule has 2 aromatic heterocycles. The van der Waals surface area contributed by atoms with Gasteiger partial charge >= 0.3 is 0 Å². The lowest BCUT2D eigenvalue weighted by atomic mass is 9.98. The highest BCUT2D eigenvalue weighted by atomic mass is 32.1. The van der Waals surface area contributed by atoms with Gasteiger partial charge in [0.15, 0.2) is 0 Å². The van der Waals surface area contributed by atoms with Crippen LogP contribution in [0.2, 0.25) is 0 Å². The lowest BCUT2D eigenvalue weighted by molar-refractivity contribution is 0.0469. The van der Waals surface area contributed by atoms with E-state index in [1.165, 1.54) is 16.2 Å². The molecule has 2 aromatic carbocycles. The first kappa shape index (κ1) is 25.7. The summed E-state index contributed by atoms with van der Waals surface area (Å²) >= 11 is 1.35. The van der Waals surface area contributed by atoms with Gasteiger partial charge in [0.1, 0.15) is 16.8 Å². The van der Waals surface area contributed by atoms with Crippen molar-refractivity contribution >= 4 is 27.5 Å². The topological polar surface area (TPSA) is 75.4 Å². The Hall–Kier alpha value is -3.36. The number of amides is 1. The van der Waals surface area contributed by atoms with Crippen molar-refractivity contribution in [1.82, 2.24) is 14.5 Å². The number of carbonyl (C=O) groups excluding carboxylic acids is 1. The zero-order chi connectivity index (χ0) is 25.8. The third kappa shape index (κ3) is 5.39. The number of fused-ring (bicyclic) bond motifs is 1. The van der Waals surface area contributed by atoms with E-state index in [4.69, 9.17) is 4.98 Å². The predicted molar refractivity (Wildman–Crippen MR) is 141 cm³/mol. The molecule has 36 heavy (non-hydrogen) atoms. The number of thiophene rings is 1. The summed E-state index contributed by atoms with van der Waals surface area (Å²) in [4.78, 5) is 34.2. The Bertz CT molecular complexity index is 1380. The zero-order valence-electron chi connectivity index (χ0n) is 20.6. The average molecular weight is 508 g/mol. The molecular formula is C28H30FN3O3S. The highest BCUT2D eigenvalue weighted by Gasteiger charge is 2.34. The van der Waals surface area contributed by atoms with Crippen molar-refractivity contribution in [2.75, 3.05) is 13.2 Å². The van der Waals surface area contributed by atoms with Crippen LogP contribution in [0.15, 0.2) is 70.8 Å². The number of aliphatic hydroxyl groups excluding tert-OH is 1. The molecule has 188 valence electrons. The molecule has 0 saturated heterocycles. The minimum Gasteiger partial charge on any atom is -0.393 e. The highest BCUT2D eigenvalue weighted by molar-refractivity contribution is 7.16. The van der Waals surface area contributed by atoms with Gasteiger partial charge in [-0.15, -0.1) is 11.3 Å². The fourth-order valence-corrected chi connectivity index (χ4v) is 5.12. The smallest absolute Gasteiger partial charge is 0.262 e. The maximum atomic E-state index is 14.7. The van der Waals surface area contributed by atoms with Gasteiger partial charge in [-0.1, -0.05) is 61.9 Å². The number of rotatable bonds is 9. The minimum absolute atomic E-state index is 0.198. The molecule has 1 N–H and O–H groups in total. The number of hydrogen-bond acceptors (Lipinski definition) is 5. The van der Waals surface area contributed by atoms with Crippen molar-refractivity contribution in [2.24, 2.45) is 5.92 Å². The molecule has 0 saturated carbocycles. The first-order valence-electron chi connectivity index (χ1n) is 11.9. The van der Waals surface area contributed by atoms with Gasteiger partial charge in [-0.2, -0.15) is 0 Å². The minimum atomic E-state index is -1.64. The summed E-state index contributed by atoms with van der Waals surface area (Å²) in [7, 11) is 0. The Morgan fingerprint density at radius 2 is 1.81 bits per heavy atom. The van der Waals surface area contributed by atoms with Crippen LogP contribution in [0.3, 0.4) is 0 Å². The molecule has 0 radical (unpaired) electrons. The van der Waals surface area contributed by atoms with E-state index in [1.54, 1.807) is 22.8 Å². The Labute approximate surface area is 213 Å². The summed E-state index contributed by atoms with van der Waals surface area (Å²) in [5.74, 6) is -0.174. The Balaban J connectivity index is 1.90.